The second-order valence-electron chi connectivity index (χ2n) is 4.42. The molecule has 21 heavy (non-hydrogen) atoms. The van der Waals surface area contributed by atoms with Crippen molar-refractivity contribution in [3.63, 3.8) is 0 Å². The first-order valence-electron chi connectivity index (χ1n) is 6.03. The number of nitrogens with one attached hydrogen (secondary N) is 2. The van der Waals surface area contributed by atoms with Gasteiger partial charge in [-0.15, -0.1) is 0 Å². The zero-order valence-electron chi connectivity index (χ0n) is 10.5. The number of H-pyrrole nitrogens is 1. The van der Waals surface area contributed by atoms with Crippen LogP contribution >= 0.6 is 23.2 Å². The number of carbonyl (C=O) groups is 1. The van der Waals surface area contributed by atoms with Crippen molar-refractivity contribution in [1.29, 1.82) is 0 Å². The Morgan fingerprint density at radius 1 is 1.33 bits per heavy atom. The molecule has 2 N–H and O–H groups in total. The molecular formula is C13H9Cl2N3O3. The Balaban J connectivity index is 1.82. The second kappa shape index (κ2) is 5.38. The van der Waals surface area contributed by atoms with Crippen molar-refractivity contribution in [3.8, 4) is 5.75 Å². The fourth-order valence-electron chi connectivity index (χ4n) is 2.05. The third-order valence-corrected chi connectivity index (χ3v) is 3.85. The van der Waals surface area contributed by atoms with E-state index < -0.39 is 5.91 Å². The lowest BCUT2D eigenvalue weighted by Crippen LogP contribution is -2.30. The van der Waals surface area contributed by atoms with Crippen molar-refractivity contribution in [2.24, 2.45) is 0 Å². The van der Waals surface area contributed by atoms with Gasteiger partial charge in [0, 0.05) is 11.6 Å². The number of rotatable bonds is 2. The first-order valence-corrected chi connectivity index (χ1v) is 6.79. The average molecular weight is 326 g/mol. The number of benzene rings is 1. The Kier molecular flexibility index (Phi) is 3.57. The molecule has 0 bridgehead atoms. The third kappa shape index (κ3) is 2.59. The van der Waals surface area contributed by atoms with Crippen LogP contribution in [0.2, 0.25) is 10.0 Å². The summed E-state index contributed by atoms with van der Waals surface area (Å²) in [5.41, 5.74) is 0.493. The lowest BCUT2D eigenvalue weighted by Gasteiger charge is -2.11. The molecule has 3 rings (SSSR count). The molecule has 0 aliphatic carbocycles. The normalized spacial score (nSPS) is 16.2. The molecule has 1 aliphatic rings. The molecule has 1 aliphatic heterocycles. The highest BCUT2D eigenvalue weighted by Gasteiger charge is 2.29. The molecule has 0 radical (unpaired) electrons. The van der Waals surface area contributed by atoms with E-state index in [0.717, 1.165) is 5.56 Å². The van der Waals surface area contributed by atoms with Crippen molar-refractivity contribution >= 4 is 29.1 Å². The summed E-state index contributed by atoms with van der Waals surface area (Å²) < 4.78 is 5.47. The summed E-state index contributed by atoms with van der Waals surface area (Å²) in [6.07, 6.45) is 0. The van der Waals surface area contributed by atoms with E-state index in [2.05, 4.69) is 15.5 Å². The molecule has 0 spiro atoms. The van der Waals surface area contributed by atoms with Gasteiger partial charge in [-0.3, -0.25) is 9.59 Å². The van der Waals surface area contributed by atoms with Crippen LogP contribution in [0.1, 0.15) is 22.1 Å². The van der Waals surface area contributed by atoms with Crippen LogP contribution in [-0.4, -0.2) is 22.7 Å². The van der Waals surface area contributed by atoms with Crippen LogP contribution in [0.3, 0.4) is 0 Å². The van der Waals surface area contributed by atoms with Crippen LogP contribution in [0.5, 0.6) is 5.75 Å². The molecule has 6 nitrogen and oxygen atoms in total. The molecule has 2 aromatic rings. The van der Waals surface area contributed by atoms with Crippen LogP contribution in [0, 0.1) is 0 Å². The minimum atomic E-state index is -0.418. The van der Waals surface area contributed by atoms with Crippen molar-refractivity contribution in [2.75, 3.05) is 6.61 Å². The van der Waals surface area contributed by atoms with Gasteiger partial charge in [-0.05, 0) is 12.1 Å². The maximum absolute atomic E-state index is 12.1. The Morgan fingerprint density at radius 3 is 2.86 bits per heavy atom. The molecule has 1 aromatic heterocycles. The number of carbonyl (C=O) groups excluding carboxylic acids is 1. The van der Waals surface area contributed by atoms with E-state index in [9.17, 15) is 9.59 Å². The smallest absolute Gasteiger partial charge is 0.272 e. The van der Waals surface area contributed by atoms with Crippen molar-refractivity contribution in [3.05, 3.63) is 55.9 Å². The number of amides is 1. The van der Waals surface area contributed by atoms with E-state index in [1.54, 1.807) is 12.1 Å². The average Bonchev–Trinajstić information content (AvgIpc) is 2.87. The molecule has 0 unspecified atom stereocenters. The maximum Gasteiger partial charge on any atom is 0.272 e. The summed E-state index contributed by atoms with van der Waals surface area (Å²) in [7, 11) is 0. The first-order chi connectivity index (χ1) is 10.1. The molecular weight excluding hydrogens is 317 g/mol. The Hall–Kier alpha value is -2.05. The third-order valence-electron chi connectivity index (χ3n) is 3.07. The number of aromatic amines is 1. The fourth-order valence-corrected chi connectivity index (χ4v) is 2.42. The van der Waals surface area contributed by atoms with Gasteiger partial charge in [0.25, 0.3) is 11.5 Å². The van der Waals surface area contributed by atoms with Crippen LogP contribution in [0.25, 0.3) is 0 Å². The Bertz CT molecular complexity index is 755. The van der Waals surface area contributed by atoms with Gasteiger partial charge in [0.2, 0.25) is 0 Å². The molecule has 0 fully saturated rings. The fraction of sp³-hybridized carbons (Fsp3) is 0.154. The van der Waals surface area contributed by atoms with Crippen LogP contribution in [0.4, 0.5) is 0 Å². The van der Waals surface area contributed by atoms with Crippen LogP contribution in [0.15, 0.2) is 29.1 Å². The molecule has 1 aromatic carbocycles. The number of ether oxygens (including phenoxy) is 1. The van der Waals surface area contributed by atoms with Gasteiger partial charge in [-0.1, -0.05) is 29.3 Å². The van der Waals surface area contributed by atoms with E-state index >= 15 is 0 Å². The zero-order chi connectivity index (χ0) is 15.0. The first kappa shape index (κ1) is 13.9. The number of halogens is 2. The van der Waals surface area contributed by atoms with E-state index in [1.807, 2.05) is 0 Å². The topological polar surface area (TPSA) is 84.1 Å². The number of aromatic nitrogens is 2. The van der Waals surface area contributed by atoms with Gasteiger partial charge in [0.05, 0.1) is 11.1 Å². The van der Waals surface area contributed by atoms with E-state index in [4.69, 9.17) is 27.9 Å². The zero-order valence-corrected chi connectivity index (χ0v) is 12.0. The predicted octanol–water partition coefficient (Wildman–Crippen LogP) is 1.94. The van der Waals surface area contributed by atoms with E-state index in [0.29, 0.717) is 15.8 Å². The summed E-state index contributed by atoms with van der Waals surface area (Å²) >= 11 is 12.0. The molecule has 1 amide bonds. The van der Waals surface area contributed by atoms with Gasteiger partial charge in [0.15, 0.2) is 0 Å². The van der Waals surface area contributed by atoms with Crippen molar-refractivity contribution in [2.45, 2.75) is 6.04 Å². The highest BCUT2D eigenvalue weighted by atomic mass is 35.5. The maximum atomic E-state index is 12.1. The number of fused-ring (bicyclic) bond motifs is 1. The summed E-state index contributed by atoms with van der Waals surface area (Å²) in [6.45, 7) is 0.254. The minimum absolute atomic E-state index is 0.114. The lowest BCUT2D eigenvalue weighted by atomic mass is 10.1. The highest BCUT2D eigenvalue weighted by Crippen LogP contribution is 2.42. The van der Waals surface area contributed by atoms with Crippen molar-refractivity contribution in [1.82, 2.24) is 15.5 Å². The van der Waals surface area contributed by atoms with Crippen LogP contribution < -0.4 is 15.6 Å². The number of nitrogens with zero attached hydrogens (tertiary/aromatic N) is 1. The van der Waals surface area contributed by atoms with Gasteiger partial charge < -0.3 is 10.1 Å². The van der Waals surface area contributed by atoms with Gasteiger partial charge in [-0.25, -0.2) is 5.10 Å². The molecule has 0 saturated carbocycles. The monoisotopic (exact) mass is 325 g/mol. The number of hydrogen-bond acceptors (Lipinski definition) is 4. The standard InChI is InChI=1S/C13H9Cl2N3O3/c14-7-2-1-6-9(5-21-12(6)11(7)15)16-13(20)8-3-4-10(19)18-17-8/h1-4,9H,5H2,(H,16,20)(H,18,19)/t9-/m1/s1. The molecule has 108 valence electrons. The summed E-state index contributed by atoms with van der Waals surface area (Å²) in [4.78, 5) is 23.0. The van der Waals surface area contributed by atoms with Gasteiger partial charge in [-0.2, -0.15) is 5.10 Å². The highest BCUT2D eigenvalue weighted by molar-refractivity contribution is 6.43. The molecule has 1 atom stereocenters. The SMILES string of the molecule is O=C(N[C@@H]1COc2c1ccc(Cl)c2Cl)c1ccc(=O)[nH]n1. The quantitative estimate of drug-likeness (QED) is 0.883. The largest absolute Gasteiger partial charge is 0.489 e. The molecule has 8 heteroatoms. The lowest BCUT2D eigenvalue weighted by molar-refractivity contribution is 0.0924. The minimum Gasteiger partial charge on any atom is -0.489 e. The summed E-state index contributed by atoms with van der Waals surface area (Å²) in [5, 5.41) is 9.36. The molecule has 0 saturated heterocycles. The summed E-state index contributed by atoms with van der Waals surface area (Å²) in [6, 6.07) is 5.63. The molecule has 2 heterocycles. The predicted molar refractivity (Wildman–Crippen MR) is 77.0 cm³/mol. The van der Waals surface area contributed by atoms with Crippen molar-refractivity contribution < 1.29 is 9.53 Å². The van der Waals surface area contributed by atoms with Crippen LogP contribution in [-0.2, 0) is 0 Å². The van der Waals surface area contributed by atoms with E-state index in [-0.39, 0.29) is 23.9 Å². The van der Waals surface area contributed by atoms with Gasteiger partial charge >= 0.3 is 0 Å². The Morgan fingerprint density at radius 2 is 2.14 bits per heavy atom. The second-order valence-corrected chi connectivity index (χ2v) is 5.21. The Labute approximate surface area is 129 Å². The summed E-state index contributed by atoms with van der Waals surface area (Å²) in [5.74, 6) is 0.0580. The van der Waals surface area contributed by atoms with E-state index in [1.165, 1.54) is 12.1 Å². The van der Waals surface area contributed by atoms with Gasteiger partial charge in [0.1, 0.15) is 23.1 Å². The number of hydrogen-bond donors (Lipinski definition) is 2.